The third-order valence-corrected chi connectivity index (χ3v) is 9.06. The molecule has 0 aromatic carbocycles. The molecule has 0 aromatic heterocycles. The summed E-state index contributed by atoms with van der Waals surface area (Å²) in [6.45, 7) is 7.47. The Morgan fingerprint density at radius 2 is 1.06 bits per heavy atom. The number of ether oxygens (including phenoxy) is 8. The maximum atomic E-state index is 13.5. The van der Waals surface area contributed by atoms with Gasteiger partial charge in [-0.2, -0.15) is 0 Å². The molecule has 32 heavy (non-hydrogen) atoms. The van der Waals surface area contributed by atoms with Crippen LogP contribution in [0.25, 0.3) is 0 Å². The van der Waals surface area contributed by atoms with Gasteiger partial charge in [-0.15, -0.1) is 0 Å². The van der Waals surface area contributed by atoms with E-state index in [2.05, 4.69) is 0 Å². The minimum atomic E-state index is -2.93. The van der Waals surface area contributed by atoms with Crippen molar-refractivity contribution < 1.29 is 47.0 Å². The maximum Gasteiger partial charge on any atom is 0.203 e. The average molecular weight is 480 g/mol. The van der Waals surface area contributed by atoms with Gasteiger partial charge in [-0.25, -0.2) is 0 Å². The Kier molecular flexibility index (Phi) is 7.14. The molecule has 0 aliphatic carbocycles. The molecule has 4 rings (SSSR count). The summed E-state index contributed by atoms with van der Waals surface area (Å²) >= 11 is 0. The normalized spacial score (nSPS) is 43.8. The van der Waals surface area contributed by atoms with E-state index in [1.165, 1.54) is 7.11 Å². The minimum Gasteiger partial charge on any atom is -0.353 e. The van der Waals surface area contributed by atoms with E-state index < -0.39 is 31.5 Å². The molecular formula is C21H37O10P. The lowest BCUT2D eigenvalue weighted by atomic mass is 10.1. The van der Waals surface area contributed by atoms with E-state index >= 15 is 0 Å². The highest BCUT2D eigenvalue weighted by atomic mass is 31.2. The highest BCUT2D eigenvalue weighted by Gasteiger charge is 2.57. The third-order valence-electron chi connectivity index (χ3n) is 6.52. The molecule has 0 saturated carbocycles. The van der Waals surface area contributed by atoms with Gasteiger partial charge in [0.05, 0.1) is 12.2 Å². The van der Waals surface area contributed by atoms with Crippen LogP contribution in [0.4, 0.5) is 0 Å². The van der Waals surface area contributed by atoms with Crippen molar-refractivity contribution in [2.24, 2.45) is 0 Å². The first-order valence-electron chi connectivity index (χ1n) is 11.2. The fourth-order valence-corrected chi connectivity index (χ4v) is 6.96. The van der Waals surface area contributed by atoms with E-state index in [1.807, 2.05) is 27.7 Å². The number of hydrogen-bond donors (Lipinski definition) is 0. The van der Waals surface area contributed by atoms with Gasteiger partial charge >= 0.3 is 0 Å². The van der Waals surface area contributed by atoms with E-state index in [-0.39, 0.29) is 36.6 Å². The molecule has 0 unspecified atom stereocenters. The van der Waals surface area contributed by atoms with Crippen LogP contribution in [0, 0.1) is 0 Å². The largest absolute Gasteiger partial charge is 0.353 e. The maximum absolute atomic E-state index is 13.5. The molecule has 8 atom stereocenters. The summed E-state index contributed by atoms with van der Waals surface area (Å²) in [5.41, 5.74) is 0. The van der Waals surface area contributed by atoms with Crippen molar-refractivity contribution in [1.29, 1.82) is 0 Å². The van der Waals surface area contributed by atoms with Crippen LogP contribution in [0.2, 0.25) is 0 Å². The second kappa shape index (κ2) is 9.15. The summed E-state index contributed by atoms with van der Waals surface area (Å²) in [7, 11) is 1.72. The lowest BCUT2D eigenvalue weighted by molar-refractivity contribution is -0.227. The molecule has 4 aliphatic rings. The molecule has 10 nitrogen and oxygen atoms in total. The van der Waals surface area contributed by atoms with E-state index in [0.717, 1.165) is 0 Å². The monoisotopic (exact) mass is 480 g/mol. The number of methoxy groups -OCH3 is 2. The quantitative estimate of drug-likeness (QED) is 0.458. The summed E-state index contributed by atoms with van der Waals surface area (Å²) < 4.78 is 65.7. The van der Waals surface area contributed by atoms with Gasteiger partial charge in [-0.1, -0.05) is 0 Å². The molecule has 4 aliphatic heterocycles. The lowest BCUT2D eigenvalue weighted by Crippen LogP contribution is -2.31. The van der Waals surface area contributed by atoms with Crippen LogP contribution in [-0.2, 0) is 47.0 Å². The number of fused-ring (bicyclic) bond motifs is 2. The Bertz CT molecular complexity index is 661. The molecule has 11 heteroatoms. The van der Waals surface area contributed by atoms with Crippen molar-refractivity contribution in [2.75, 3.05) is 33.7 Å². The van der Waals surface area contributed by atoms with Crippen molar-refractivity contribution in [2.45, 2.75) is 101 Å². The van der Waals surface area contributed by atoms with Gasteiger partial charge in [0.25, 0.3) is 0 Å². The van der Waals surface area contributed by atoms with Crippen LogP contribution in [0.15, 0.2) is 0 Å². The Balaban J connectivity index is 1.34. The molecule has 0 spiro atoms. The van der Waals surface area contributed by atoms with Crippen LogP contribution in [0.1, 0.15) is 40.5 Å². The first kappa shape index (κ1) is 25.0. The predicted molar refractivity (Wildman–Crippen MR) is 113 cm³/mol. The van der Waals surface area contributed by atoms with Gasteiger partial charge in [0.15, 0.2) is 24.2 Å². The SMILES string of the molecule is CO[C@@H]1O[C@H](CCP(=O)(CC[C@H]2O[C@@H](OC)[C@@H]3OC(C)(C)O[C@@H]32)OC)[C@H]2OC(C)(C)O[C@@H]12. The Labute approximate surface area is 189 Å². The Morgan fingerprint density at radius 3 is 1.41 bits per heavy atom. The zero-order valence-electron chi connectivity index (χ0n) is 20.0. The molecule has 186 valence electrons. The van der Waals surface area contributed by atoms with Crippen molar-refractivity contribution in [3.05, 3.63) is 0 Å². The zero-order valence-corrected chi connectivity index (χ0v) is 20.9. The molecule has 4 fully saturated rings. The van der Waals surface area contributed by atoms with E-state index in [4.69, 9.17) is 42.4 Å². The van der Waals surface area contributed by atoms with Crippen LogP contribution >= 0.6 is 7.37 Å². The summed E-state index contributed by atoms with van der Waals surface area (Å²) in [6.07, 6.45) is -1.00. The van der Waals surface area contributed by atoms with Crippen molar-refractivity contribution >= 4 is 7.37 Å². The van der Waals surface area contributed by atoms with Crippen molar-refractivity contribution in [1.82, 2.24) is 0 Å². The van der Waals surface area contributed by atoms with E-state index in [0.29, 0.717) is 25.2 Å². The number of hydrogen-bond acceptors (Lipinski definition) is 10. The van der Waals surface area contributed by atoms with Crippen molar-refractivity contribution in [3.8, 4) is 0 Å². The van der Waals surface area contributed by atoms with E-state index in [9.17, 15) is 4.57 Å². The first-order valence-corrected chi connectivity index (χ1v) is 13.2. The Morgan fingerprint density at radius 1 is 0.688 bits per heavy atom. The fourth-order valence-electron chi connectivity index (χ4n) is 5.07. The van der Waals surface area contributed by atoms with Gasteiger partial charge in [-0.3, -0.25) is 4.57 Å². The van der Waals surface area contributed by atoms with Crippen LogP contribution in [-0.4, -0.2) is 94.4 Å². The summed E-state index contributed by atoms with van der Waals surface area (Å²) in [4.78, 5) is 0. The molecule has 4 heterocycles. The zero-order chi connectivity index (χ0) is 23.3. The average Bonchev–Trinajstić information content (AvgIpc) is 3.41. The third kappa shape index (κ3) is 4.96. The van der Waals surface area contributed by atoms with E-state index in [1.54, 1.807) is 14.2 Å². The van der Waals surface area contributed by atoms with Crippen LogP contribution < -0.4 is 0 Å². The molecular weight excluding hydrogens is 443 g/mol. The molecule has 0 N–H and O–H groups in total. The van der Waals surface area contributed by atoms with Gasteiger partial charge in [0.2, 0.25) is 7.37 Å². The summed E-state index contributed by atoms with van der Waals surface area (Å²) in [6, 6.07) is 0. The molecule has 0 bridgehead atoms. The minimum absolute atomic E-state index is 0.270. The Hall–Kier alpha value is -0.130. The second-order valence-corrected chi connectivity index (χ2v) is 12.6. The number of rotatable bonds is 9. The van der Waals surface area contributed by atoms with Gasteiger partial charge in [0, 0.05) is 33.7 Å². The first-order chi connectivity index (χ1) is 15.0. The molecule has 0 amide bonds. The van der Waals surface area contributed by atoms with Gasteiger partial charge in [0.1, 0.15) is 24.4 Å². The highest BCUT2D eigenvalue weighted by molar-refractivity contribution is 7.58. The van der Waals surface area contributed by atoms with Crippen molar-refractivity contribution in [3.63, 3.8) is 0 Å². The second-order valence-electron chi connectivity index (χ2n) is 9.71. The smallest absolute Gasteiger partial charge is 0.203 e. The molecule has 0 aromatic rings. The van der Waals surface area contributed by atoms with Gasteiger partial charge < -0.3 is 42.4 Å². The summed E-state index contributed by atoms with van der Waals surface area (Å²) in [5, 5.41) is 0. The van der Waals surface area contributed by atoms with Crippen LogP contribution in [0.5, 0.6) is 0 Å². The summed E-state index contributed by atoms with van der Waals surface area (Å²) in [5.74, 6) is -1.41. The van der Waals surface area contributed by atoms with Gasteiger partial charge in [-0.05, 0) is 40.5 Å². The topological polar surface area (TPSA) is 100 Å². The highest BCUT2D eigenvalue weighted by Crippen LogP contribution is 2.51. The molecule has 0 radical (unpaired) electrons. The fraction of sp³-hybridized carbons (Fsp3) is 1.00. The predicted octanol–water partition coefficient (Wildman–Crippen LogP) is 2.47. The van der Waals surface area contributed by atoms with Crippen LogP contribution in [0.3, 0.4) is 0 Å². The lowest BCUT2D eigenvalue weighted by Gasteiger charge is -2.26. The molecule has 4 saturated heterocycles. The standard InChI is InChI=1S/C21H37O10P/c1-20(2)28-14-12(26-18(23-5)16(14)30-20)8-10-32(22,25-7)11-9-13-15-17(19(24-6)27-13)31-21(3,4)29-15/h12-19H,8-11H2,1-7H3/t12-,13-,14-,15-,16-,17-,18-,19-/m1/s1.